The van der Waals surface area contributed by atoms with Crippen LogP contribution in [0.4, 0.5) is 0 Å². The topological polar surface area (TPSA) is 65.0 Å². The molecule has 0 amide bonds. The third-order valence-corrected chi connectivity index (χ3v) is 3.79. The molecule has 1 aromatic heterocycles. The van der Waals surface area contributed by atoms with Gasteiger partial charge in [-0.15, -0.1) is 0 Å². The maximum Gasteiger partial charge on any atom is 0.338 e. The van der Waals surface area contributed by atoms with Crippen molar-refractivity contribution in [1.82, 2.24) is 15.0 Å². The number of nitrogens with zero attached hydrogens (tertiary/aromatic N) is 3. The Kier molecular flexibility index (Phi) is 6.63. The summed E-state index contributed by atoms with van der Waals surface area (Å²) in [6, 6.07) is 6.35. The van der Waals surface area contributed by atoms with E-state index in [-0.39, 0.29) is 24.1 Å². The number of esters is 1. The summed E-state index contributed by atoms with van der Waals surface area (Å²) in [5.41, 5.74) is 0.726. The van der Waals surface area contributed by atoms with Gasteiger partial charge in [-0.1, -0.05) is 81.7 Å². The first-order valence-electron chi connectivity index (χ1n) is 6.70. The highest BCUT2D eigenvalue weighted by atomic mass is 35.6. The van der Waals surface area contributed by atoms with Gasteiger partial charge in [0.1, 0.15) is 0 Å². The summed E-state index contributed by atoms with van der Waals surface area (Å²) < 4.78 is 1.04. The number of ether oxygens (including phenoxy) is 1. The monoisotopic (exact) mass is 461 g/mol. The average Bonchev–Trinajstić information content (AvgIpc) is 2.53. The zero-order chi connectivity index (χ0) is 18.8. The summed E-state index contributed by atoms with van der Waals surface area (Å²) in [4.78, 5) is 23.9. The second-order valence-corrected chi connectivity index (χ2v) is 9.17. The zero-order valence-corrected chi connectivity index (χ0v) is 17.0. The molecule has 25 heavy (non-hydrogen) atoms. The van der Waals surface area contributed by atoms with Crippen molar-refractivity contribution >= 4 is 75.6 Å². The van der Waals surface area contributed by atoms with Gasteiger partial charge in [0.05, 0.1) is 12.2 Å². The van der Waals surface area contributed by atoms with Crippen LogP contribution in [0.1, 0.15) is 28.9 Å². The Bertz CT molecular complexity index is 757. The van der Waals surface area contributed by atoms with Crippen LogP contribution in [0.5, 0.6) is 0 Å². The van der Waals surface area contributed by atoms with Gasteiger partial charge in [0, 0.05) is 5.56 Å². The third kappa shape index (κ3) is 5.46. The van der Waals surface area contributed by atoms with Gasteiger partial charge in [-0.3, -0.25) is 0 Å². The number of hydrogen-bond donors (Lipinski definition) is 0. The normalized spacial score (nSPS) is 12.1. The van der Waals surface area contributed by atoms with Crippen LogP contribution in [0.2, 0.25) is 0 Å². The van der Waals surface area contributed by atoms with E-state index in [0.29, 0.717) is 11.1 Å². The molecular formula is C14H9Cl6N3O2. The Morgan fingerprint density at radius 3 is 2.04 bits per heavy atom. The van der Waals surface area contributed by atoms with E-state index in [1.807, 2.05) is 0 Å². The van der Waals surface area contributed by atoms with Crippen LogP contribution < -0.4 is 0 Å². The van der Waals surface area contributed by atoms with E-state index in [2.05, 4.69) is 15.0 Å². The predicted molar refractivity (Wildman–Crippen MR) is 99.7 cm³/mol. The molecule has 1 heterocycles. The van der Waals surface area contributed by atoms with Gasteiger partial charge in [0.2, 0.25) is 7.59 Å². The number of aromatic nitrogens is 3. The highest BCUT2D eigenvalue weighted by Crippen LogP contribution is 2.40. The van der Waals surface area contributed by atoms with Crippen molar-refractivity contribution in [2.24, 2.45) is 0 Å². The van der Waals surface area contributed by atoms with Crippen molar-refractivity contribution in [3.8, 4) is 11.4 Å². The molecule has 0 aliphatic heterocycles. The second-order valence-electron chi connectivity index (χ2n) is 4.60. The molecule has 0 N–H and O–H groups in total. The molecule has 0 atom stereocenters. The van der Waals surface area contributed by atoms with Crippen LogP contribution in [-0.2, 0) is 12.3 Å². The van der Waals surface area contributed by atoms with Gasteiger partial charge in [0.15, 0.2) is 17.5 Å². The van der Waals surface area contributed by atoms with Gasteiger partial charge in [-0.25, -0.2) is 19.7 Å². The van der Waals surface area contributed by atoms with Crippen LogP contribution >= 0.6 is 69.6 Å². The number of carbonyl (C=O) groups excluding carboxylic acids is 1. The fraction of sp³-hybridized carbons (Fsp3) is 0.286. The second kappa shape index (κ2) is 7.99. The molecule has 0 spiro atoms. The maximum atomic E-state index is 11.9. The van der Waals surface area contributed by atoms with Crippen LogP contribution in [0.25, 0.3) is 11.4 Å². The molecule has 2 aromatic rings. The summed E-state index contributed by atoms with van der Waals surface area (Å²) in [7, 11) is 0. The fourth-order valence-electron chi connectivity index (χ4n) is 1.76. The van der Waals surface area contributed by atoms with Gasteiger partial charge in [-0.05, 0) is 19.1 Å². The molecule has 134 valence electrons. The SMILES string of the molecule is CCOC(=O)c1cccc(-c2nc(C(Cl)(Cl)Cl)nc(C(Cl)(Cl)Cl)n2)c1. The fourth-order valence-corrected chi connectivity index (χ4v) is 2.27. The largest absolute Gasteiger partial charge is 0.462 e. The first-order chi connectivity index (χ1) is 11.5. The van der Waals surface area contributed by atoms with Gasteiger partial charge in [0.25, 0.3) is 0 Å². The number of halogens is 6. The quantitative estimate of drug-likeness (QED) is 0.452. The minimum absolute atomic E-state index is 0.0730. The Labute approximate surface area is 173 Å². The van der Waals surface area contributed by atoms with Crippen molar-refractivity contribution in [3.05, 3.63) is 41.5 Å². The van der Waals surface area contributed by atoms with Crippen molar-refractivity contribution in [1.29, 1.82) is 0 Å². The highest BCUT2D eigenvalue weighted by molar-refractivity contribution is 6.67. The maximum absolute atomic E-state index is 11.9. The van der Waals surface area contributed by atoms with Gasteiger partial charge >= 0.3 is 5.97 Å². The zero-order valence-electron chi connectivity index (χ0n) is 12.4. The van der Waals surface area contributed by atoms with Gasteiger partial charge < -0.3 is 4.74 Å². The standard InChI is InChI=1S/C14H9Cl6N3O2/c1-2-25-10(24)8-5-3-4-7(6-8)9-21-11(13(15,16)17)23-12(22-9)14(18,19)20/h3-6H,2H2,1H3. The minimum Gasteiger partial charge on any atom is -0.462 e. The predicted octanol–water partition coefficient (Wildman–Crippen LogP) is 5.37. The van der Waals surface area contributed by atoms with Crippen molar-refractivity contribution in [2.45, 2.75) is 14.5 Å². The molecule has 0 saturated carbocycles. The van der Waals surface area contributed by atoms with Crippen LogP contribution in [0.15, 0.2) is 24.3 Å². The van der Waals surface area contributed by atoms with Crippen LogP contribution in [0, 0.1) is 0 Å². The minimum atomic E-state index is -1.96. The lowest BCUT2D eigenvalue weighted by molar-refractivity contribution is 0.0526. The molecule has 5 nitrogen and oxygen atoms in total. The Morgan fingerprint density at radius 2 is 1.56 bits per heavy atom. The van der Waals surface area contributed by atoms with Gasteiger partial charge in [-0.2, -0.15) is 0 Å². The number of hydrogen-bond acceptors (Lipinski definition) is 5. The van der Waals surface area contributed by atoms with Crippen LogP contribution in [0.3, 0.4) is 0 Å². The van der Waals surface area contributed by atoms with E-state index in [1.165, 1.54) is 6.07 Å². The van der Waals surface area contributed by atoms with E-state index in [1.54, 1.807) is 25.1 Å². The molecule has 0 aliphatic rings. The molecule has 11 heteroatoms. The lowest BCUT2D eigenvalue weighted by atomic mass is 10.1. The van der Waals surface area contributed by atoms with Crippen LogP contribution in [-0.4, -0.2) is 27.5 Å². The molecule has 0 unspecified atom stereocenters. The third-order valence-electron chi connectivity index (χ3n) is 2.77. The molecule has 0 saturated heterocycles. The summed E-state index contributed by atoms with van der Waals surface area (Å²) >= 11 is 35.0. The average molecular weight is 464 g/mol. The van der Waals surface area contributed by atoms with E-state index >= 15 is 0 Å². The Balaban J connectivity index is 2.59. The number of alkyl halides is 6. The van der Waals surface area contributed by atoms with E-state index in [4.69, 9.17) is 74.3 Å². The summed E-state index contributed by atoms with van der Waals surface area (Å²) in [6.07, 6.45) is 0. The molecule has 0 aliphatic carbocycles. The summed E-state index contributed by atoms with van der Waals surface area (Å²) in [6.45, 7) is 1.94. The smallest absolute Gasteiger partial charge is 0.338 e. The molecule has 1 aromatic carbocycles. The van der Waals surface area contributed by atoms with Crippen molar-refractivity contribution < 1.29 is 9.53 Å². The molecule has 0 bridgehead atoms. The molecular weight excluding hydrogens is 455 g/mol. The van der Waals surface area contributed by atoms with E-state index < -0.39 is 13.6 Å². The van der Waals surface area contributed by atoms with E-state index in [0.717, 1.165) is 0 Å². The summed E-state index contributed by atoms with van der Waals surface area (Å²) in [5.74, 6) is -0.860. The number of carbonyl (C=O) groups is 1. The first kappa shape index (κ1) is 20.7. The molecule has 0 radical (unpaired) electrons. The Morgan fingerprint density at radius 1 is 1.00 bits per heavy atom. The Hall–Kier alpha value is -0.560. The van der Waals surface area contributed by atoms with Crippen molar-refractivity contribution in [2.75, 3.05) is 6.61 Å². The lowest BCUT2D eigenvalue weighted by Gasteiger charge is -2.15. The number of benzene rings is 1. The molecule has 0 fully saturated rings. The number of rotatable bonds is 3. The van der Waals surface area contributed by atoms with Crippen molar-refractivity contribution in [3.63, 3.8) is 0 Å². The highest BCUT2D eigenvalue weighted by Gasteiger charge is 2.34. The molecule has 2 rings (SSSR count). The first-order valence-corrected chi connectivity index (χ1v) is 8.97. The summed E-state index contributed by atoms with van der Waals surface area (Å²) in [5, 5.41) is 0. The lowest BCUT2D eigenvalue weighted by Crippen LogP contribution is -2.17. The van der Waals surface area contributed by atoms with E-state index in [9.17, 15) is 4.79 Å².